The van der Waals surface area contributed by atoms with Gasteiger partial charge in [0, 0.05) is 42.3 Å². The monoisotopic (exact) mass is 714 g/mol. The highest BCUT2D eigenvalue weighted by molar-refractivity contribution is 5.82. The lowest BCUT2D eigenvalue weighted by atomic mass is 9.89. The molecule has 2 atom stereocenters. The number of aryl methyl sites for hydroxylation is 4. The van der Waals surface area contributed by atoms with Crippen LogP contribution in [0.4, 0.5) is 26.3 Å². The zero-order valence-corrected chi connectivity index (χ0v) is 28.5. The molecule has 0 spiro atoms. The van der Waals surface area contributed by atoms with Crippen molar-refractivity contribution < 1.29 is 41.0 Å². The maximum absolute atomic E-state index is 16.6. The summed E-state index contributed by atoms with van der Waals surface area (Å²) in [6, 6.07) is 0.433. The van der Waals surface area contributed by atoms with E-state index in [1.807, 2.05) is 0 Å². The van der Waals surface area contributed by atoms with Gasteiger partial charge in [0.05, 0.1) is 29.9 Å². The highest BCUT2D eigenvalue weighted by Crippen LogP contribution is 2.38. The first-order valence-corrected chi connectivity index (χ1v) is 15.9. The predicted molar refractivity (Wildman–Crippen MR) is 177 cm³/mol. The van der Waals surface area contributed by atoms with Gasteiger partial charge in [0.15, 0.2) is 0 Å². The molecular weight excluding hydrogens is 678 g/mol. The molecule has 0 aliphatic heterocycles. The number of pyridine rings is 1. The maximum atomic E-state index is 16.6. The van der Waals surface area contributed by atoms with Crippen molar-refractivity contribution in [2.45, 2.75) is 78.7 Å². The first-order valence-electron chi connectivity index (χ1n) is 15.9. The number of nitrogens with one attached hydrogen (secondary N) is 1. The third kappa shape index (κ3) is 8.89. The van der Waals surface area contributed by atoms with Gasteiger partial charge in [0.1, 0.15) is 23.5 Å². The summed E-state index contributed by atoms with van der Waals surface area (Å²) in [4.78, 5) is 43.3. The molecule has 51 heavy (non-hydrogen) atoms. The van der Waals surface area contributed by atoms with Crippen LogP contribution in [0.5, 0.6) is 0 Å². The van der Waals surface area contributed by atoms with Crippen molar-refractivity contribution in [3.05, 3.63) is 110 Å². The van der Waals surface area contributed by atoms with Gasteiger partial charge in [0.2, 0.25) is 5.91 Å². The SMILES string of the molecule is CC#Cc1cc(-c2c(C)cc(F)cc2C)c(F)c([C@H](CC(=O)O)NC(=O)[C@@H](CC(C)C)n2cc(CCn3ccnc3)c(C(F)(F)F)cc2=O)c1F. The molecule has 0 saturated heterocycles. The van der Waals surface area contributed by atoms with Crippen molar-refractivity contribution in [1.29, 1.82) is 0 Å². The summed E-state index contributed by atoms with van der Waals surface area (Å²) in [5.41, 5.74) is -3.24. The van der Waals surface area contributed by atoms with Crippen LogP contribution in [0, 0.1) is 49.1 Å². The van der Waals surface area contributed by atoms with Crippen LogP contribution in [0.3, 0.4) is 0 Å². The number of alkyl halides is 3. The Kier molecular flexibility index (Phi) is 11.8. The fourth-order valence-electron chi connectivity index (χ4n) is 6.13. The summed E-state index contributed by atoms with van der Waals surface area (Å²) in [6.45, 7) is 7.87. The van der Waals surface area contributed by atoms with Gasteiger partial charge in [-0.25, -0.2) is 18.2 Å². The minimum atomic E-state index is -4.90. The third-order valence-electron chi connectivity index (χ3n) is 8.30. The largest absolute Gasteiger partial charge is 0.481 e. The molecule has 0 aliphatic carbocycles. The van der Waals surface area contributed by atoms with Gasteiger partial charge in [-0.3, -0.25) is 14.4 Å². The topological polar surface area (TPSA) is 106 Å². The molecule has 4 rings (SSSR count). The van der Waals surface area contributed by atoms with E-state index in [-0.39, 0.29) is 47.6 Å². The van der Waals surface area contributed by atoms with E-state index in [1.165, 1.54) is 37.9 Å². The van der Waals surface area contributed by atoms with E-state index in [2.05, 4.69) is 22.1 Å². The number of carboxylic acids is 1. The number of carboxylic acid groups (broad SMARTS) is 1. The summed E-state index contributed by atoms with van der Waals surface area (Å²) < 4.78 is 91.4. The number of benzene rings is 2. The summed E-state index contributed by atoms with van der Waals surface area (Å²) in [6.07, 6.45) is -0.879. The second-order valence-corrected chi connectivity index (χ2v) is 12.6. The molecular formula is C37H36F6N4O4. The molecule has 0 aliphatic rings. The molecule has 0 saturated carbocycles. The Labute approximate surface area is 290 Å². The fraction of sp³-hybridized carbons (Fsp3) is 0.351. The van der Waals surface area contributed by atoms with Gasteiger partial charge < -0.3 is 19.6 Å². The number of amides is 1. The van der Waals surface area contributed by atoms with E-state index in [4.69, 9.17) is 0 Å². The predicted octanol–water partition coefficient (Wildman–Crippen LogP) is 7.30. The number of carbonyl (C=O) groups is 2. The van der Waals surface area contributed by atoms with E-state index in [9.17, 15) is 37.1 Å². The van der Waals surface area contributed by atoms with Gasteiger partial charge in [-0.2, -0.15) is 13.2 Å². The van der Waals surface area contributed by atoms with Crippen LogP contribution < -0.4 is 10.9 Å². The highest BCUT2D eigenvalue weighted by Gasteiger charge is 2.36. The normalized spacial score (nSPS) is 12.7. The van der Waals surface area contributed by atoms with E-state index in [0.29, 0.717) is 17.2 Å². The lowest BCUT2D eigenvalue weighted by Gasteiger charge is -2.27. The number of aliphatic carboxylic acids is 1. The van der Waals surface area contributed by atoms with Crippen LogP contribution in [-0.2, 0) is 28.7 Å². The first kappa shape index (κ1) is 38.5. The Morgan fingerprint density at radius 3 is 2.25 bits per heavy atom. The van der Waals surface area contributed by atoms with Crippen molar-refractivity contribution in [3.8, 4) is 23.0 Å². The van der Waals surface area contributed by atoms with Gasteiger partial charge in [-0.05, 0) is 80.0 Å². The summed E-state index contributed by atoms with van der Waals surface area (Å²) in [7, 11) is 0. The molecule has 2 aromatic carbocycles. The Balaban J connectivity index is 1.87. The van der Waals surface area contributed by atoms with Gasteiger partial charge in [-0.1, -0.05) is 19.8 Å². The molecule has 4 aromatic rings. The minimum absolute atomic E-state index is 0.0634. The summed E-state index contributed by atoms with van der Waals surface area (Å²) >= 11 is 0. The number of aromatic nitrogens is 3. The van der Waals surface area contributed by atoms with Crippen LogP contribution in [0.15, 0.2) is 54.0 Å². The standard InChI is InChI=1S/C37H36F6N4O4/c1-6-7-23-15-26(32-21(4)13-25(38)14-22(32)5)35(40)33(34(23)39)28(17-31(49)50)45-36(51)29(12-20(2)3)47-18-24(8-10-46-11-9-44-19-46)27(16-30(47)48)37(41,42)43/h9,11,13-16,18-20,28-29H,8,10,12,17H2,1-5H3,(H,45,51)(H,49,50)/t28-,29+/m0/s1. The number of carbonyl (C=O) groups excluding carboxylic acids is 1. The van der Waals surface area contributed by atoms with Gasteiger partial charge >= 0.3 is 12.1 Å². The average Bonchev–Trinajstić information content (AvgIpc) is 3.54. The zero-order valence-electron chi connectivity index (χ0n) is 28.5. The Bertz CT molecular complexity index is 2040. The fourth-order valence-corrected chi connectivity index (χ4v) is 6.13. The number of hydrogen-bond acceptors (Lipinski definition) is 4. The van der Waals surface area contributed by atoms with E-state index in [0.717, 1.165) is 29.0 Å². The molecule has 14 heteroatoms. The number of nitrogens with zero attached hydrogens (tertiary/aromatic N) is 3. The van der Waals surface area contributed by atoms with E-state index < -0.39 is 70.7 Å². The number of halogens is 6. The maximum Gasteiger partial charge on any atom is 0.416 e. The van der Waals surface area contributed by atoms with Crippen LogP contribution in [0.1, 0.15) is 79.1 Å². The Morgan fingerprint density at radius 2 is 1.71 bits per heavy atom. The van der Waals surface area contributed by atoms with Crippen LogP contribution >= 0.6 is 0 Å². The molecule has 1 amide bonds. The highest BCUT2D eigenvalue weighted by atomic mass is 19.4. The van der Waals surface area contributed by atoms with Crippen LogP contribution in [0.2, 0.25) is 0 Å². The second kappa shape index (κ2) is 15.7. The average molecular weight is 715 g/mol. The molecule has 0 radical (unpaired) electrons. The van der Waals surface area contributed by atoms with Crippen LogP contribution in [0.25, 0.3) is 11.1 Å². The Morgan fingerprint density at radius 1 is 1.04 bits per heavy atom. The summed E-state index contributed by atoms with van der Waals surface area (Å²) in [5, 5.41) is 12.2. The third-order valence-corrected chi connectivity index (χ3v) is 8.30. The number of imidazole rings is 1. The van der Waals surface area contributed by atoms with Crippen molar-refractivity contribution in [2.24, 2.45) is 5.92 Å². The van der Waals surface area contributed by atoms with Gasteiger partial charge in [-0.15, -0.1) is 5.92 Å². The van der Waals surface area contributed by atoms with Crippen molar-refractivity contribution >= 4 is 11.9 Å². The second-order valence-electron chi connectivity index (χ2n) is 12.6. The molecule has 0 bridgehead atoms. The summed E-state index contributed by atoms with van der Waals surface area (Å²) in [5.74, 6) is -0.958. The Hall–Kier alpha value is -5.32. The smallest absolute Gasteiger partial charge is 0.416 e. The van der Waals surface area contributed by atoms with Crippen molar-refractivity contribution in [1.82, 2.24) is 19.4 Å². The number of rotatable bonds is 12. The van der Waals surface area contributed by atoms with Crippen molar-refractivity contribution in [2.75, 3.05) is 0 Å². The van der Waals surface area contributed by atoms with Gasteiger partial charge in [0.25, 0.3) is 5.56 Å². The van der Waals surface area contributed by atoms with Crippen LogP contribution in [-0.4, -0.2) is 31.1 Å². The molecule has 2 heterocycles. The molecule has 0 fully saturated rings. The molecule has 270 valence electrons. The van der Waals surface area contributed by atoms with Crippen molar-refractivity contribution in [3.63, 3.8) is 0 Å². The number of hydrogen-bond donors (Lipinski definition) is 2. The zero-order chi connectivity index (χ0) is 37.8. The molecule has 0 unspecified atom stereocenters. The van der Waals surface area contributed by atoms with E-state index in [1.54, 1.807) is 20.0 Å². The molecule has 8 nitrogen and oxygen atoms in total. The molecule has 2 aromatic heterocycles. The lowest BCUT2D eigenvalue weighted by Crippen LogP contribution is -2.41. The minimum Gasteiger partial charge on any atom is -0.481 e. The molecule has 2 N–H and O–H groups in total. The first-order chi connectivity index (χ1) is 23.9. The lowest BCUT2D eigenvalue weighted by molar-refractivity contribution is -0.139. The van der Waals surface area contributed by atoms with E-state index >= 15 is 8.78 Å². The quantitative estimate of drug-likeness (QED) is 0.118.